The molecule has 0 radical (unpaired) electrons. The van der Waals surface area contributed by atoms with Crippen molar-refractivity contribution in [1.82, 2.24) is 20.8 Å². The lowest BCUT2D eigenvalue weighted by Crippen LogP contribution is -2.27. The highest BCUT2D eigenvalue weighted by Gasteiger charge is 2.23. The summed E-state index contributed by atoms with van der Waals surface area (Å²) < 4.78 is 0. The molecule has 1 aliphatic rings. The summed E-state index contributed by atoms with van der Waals surface area (Å²) >= 11 is 0. The second-order valence-electron chi connectivity index (χ2n) is 6.26. The molecular formula is C20H20N4O. The maximum Gasteiger partial charge on any atom is 0.222 e. The topological polar surface area (TPSA) is 69.8 Å². The molecular weight excluding hydrogens is 312 g/mol. The van der Waals surface area contributed by atoms with Crippen LogP contribution in [0.4, 0.5) is 0 Å². The lowest BCUT2D eigenvalue weighted by atomic mass is 10.0. The molecule has 25 heavy (non-hydrogen) atoms. The summed E-state index contributed by atoms with van der Waals surface area (Å²) in [6.45, 7) is 1.28. The Balaban J connectivity index is 1.33. The lowest BCUT2D eigenvalue weighted by molar-refractivity contribution is -0.121. The molecule has 3 aromatic rings. The highest BCUT2D eigenvalue weighted by molar-refractivity contribution is 5.77. The molecule has 1 amide bonds. The van der Waals surface area contributed by atoms with Crippen LogP contribution >= 0.6 is 0 Å². The molecule has 2 heterocycles. The van der Waals surface area contributed by atoms with Gasteiger partial charge in [-0.15, -0.1) is 0 Å². The van der Waals surface area contributed by atoms with Gasteiger partial charge >= 0.3 is 0 Å². The Morgan fingerprint density at radius 1 is 1.12 bits per heavy atom. The molecule has 1 atom stereocenters. The van der Waals surface area contributed by atoms with Gasteiger partial charge in [-0.3, -0.25) is 9.89 Å². The Labute approximate surface area is 146 Å². The van der Waals surface area contributed by atoms with Crippen molar-refractivity contribution in [3.05, 3.63) is 77.5 Å². The van der Waals surface area contributed by atoms with E-state index < -0.39 is 0 Å². The van der Waals surface area contributed by atoms with Crippen molar-refractivity contribution >= 4 is 5.91 Å². The largest absolute Gasteiger partial charge is 0.350 e. The van der Waals surface area contributed by atoms with Crippen molar-refractivity contribution in [2.45, 2.75) is 25.6 Å². The van der Waals surface area contributed by atoms with Crippen molar-refractivity contribution in [2.24, 2.45) is 0 Å². The number of amides is 1. The number of rotatable bonds is 5. The summed E-state index contributed by atoms with van der Waals surface area (Å²) in [5.41, 5.74) is 5.35. The molecule has 1 aromatic heterocycles. The van der Waals surface area contributed by atoms with Crippen molar-refractivity contribution in [3.8, 4) is 11.3 Å². The number of H-pyrrole nitrogens is 1. The highest BCUT2D eigenvalue weighted by atomic mass is 16.1. The Kier molecular flexibility index (Phi) is 4.31. The first-order valence-corrected chi connectivity index (χ1v) is 8.47. The van der Waals surface area contributed by atoms with E-state index in [-0.39, 0.29) is 11.9 Å². The molecule has 0 bridgehead atoms. The minimum absolute atomic E-state index is 0.0325. The molecule has 1 aliphatic heterocycles. The van der Waals surface area contributed by atoms with E-state index in [0.717, 1.165) is 23.5 Å². The summed E-state index contributed by atoms with van der Waals surface area (Å²) in [5.74, 6) is 0.0325. The zero-order valence-corrected chi connectivity index (χ0v) is 13.8. The zero-order valence-electron chi connectivity index (χ0n) is 13.8. The van der Waals surface area contributed by atoms with Crippen LogP contribution in [0, 0.1) is 0 Å². The van der Waals surface area contributed by atoms with E-state index in [1.165, 1.54) is 11.1 Å². The number of hydrogen-bond acceptors (Lipinski definition) is 3. The molecule has 2 aromatic carbocycles. The van der Waals surface area contributed by atoms with Gasteiger partial charge in [-0.1, -0.05) is 54.6 Å². The van der Waals surface area contributed by atoms with Crippen LogP contribution in [0.25, 0.3) is 11.3 Å². The predicted octanol–water partition coefficient (Wildman–Crippen LogP) is 2.93. The summed E-state index contributed by atoms with van der Waals surface area (Å²) in [6.07, 6.45) is 0.441. The molecule has 0 saturated heterocycles. The molecule has 0 fully saturated rings. The number of aromatic amines is 1. The normalized spacial score (nSPS) is 15.8. The molecule has 0 saturated carbocycles. The maximum atomic E-state index is 12.3. The third kappa shape index (κ3) is 3.46. The van der Waals surface area contributed by atoms with Crippen LogP contribution in [0.3, 0.4) is 0 Å². The van der Waals surface area contributed by atoms with Crippen LogP contribution in [-0.4, -0.2) is 16.1 Å². The van der Waals surface area contributed by atoms with Gasteiger partial charge in [0.1, 0.15) is 0 Å². The third-order valence-corrected chi connectivity index (χ3v) is 4.54. The van der Waals surface area contributed by atoms with Gasteiger partial charge in [-0.2, -0.15) is 5.10 Å². The summed E-state index contributed by atoms with van der Waals surface area (Å²) in [5, 5.41) is 13.7. The Bertz CT molecular complexity index is 872. The van der Waals surface area contributed by atoms with E-state index >= 15 is 0 Å². The molecule has 5 nitrogen and oxygen atoms in total. The van der Waals surface area contributed by atoms with Crippen molar-refractivity contribution in [3.63, 3.8) is 0 Å². The standard InChI is InChI=1S/C20H20N4O/c25-20(11-19-17-9-5-4-8-15(17)12-21-19)22-13-16-10-18(24-23-16)14-6-2-1-3-7-14/h1-10,19,21H,11-13H2,(H,22,25)(H,23,24). The van der Waals surface area contributed by atoms with E-state index in [1.54, 1.807) is 0 Å². The van der Waals surface area contributed by atoms with Gasteiger partial charge in [0.25, 0.3) is 0 Å². The van der Waals surface area contributed by atoms with Crippen LogP contribution in [0.1, 0.15) is 29.3 Å². The van der Waals surface area contributed by atoms with E-state index in [0.29, 0.717) is 13.0 Å². The van der Waals surface area contributed by atoms with Gasteiger partial charge in [-0.25, -0.2) is 0 Å². The van der Waals surface area contributed by atoms with Crippen molar-refractivity contribution in [2.75, 3.05) is 0 Å². The number of hydrogen-bond donors (Lipinski definition) is 3. The maximum absolute atomic E-state index is 12.3. The summed E-state index contributed by atoms with van der Waals surface area (Å²) in [6, 6.07) is 20.3. The minimum Gasteiger partial charge on any atom is -0.350 e. The van der Waals surface area contributed by atoms with Gasteiger partial charge in [0.2, 0.25) is 5.91 Å². The molecule has 3 N–H and O–H groups in total. The van der Waals surface area contributed by atoms with E-state index in [9.17, 15) is 4.79 Å². The highest BCUT2D eigenvalue weighted by Crippen LogP contribution is 2.27. The average molecular weight is 332 g/mol. The molecule has 1 unspecified atom stereocenters. The molecule has 4 rings (SSSR count). The van der Waals surface area contributed by atoms with Crippen LogP contribution in [0.15, 0.2) is 60.7 Å². The van der Waals surface area contributed by atoms with Crippen LogP contribution < -0.4 is 10.6 Å². The summed E-state index contributed by atoms with van der Waals surface area (Å²) in [4.78, 5) is 12.3. The molecule has 0 aliphatic carbocycles. The number of fused-ring (bicyclic) bond motifs is 1. The van der Waals surface area contributed by atoms with Crippen LogP contribution in [0.2, 0.25) is 0 Å². The second-order valence-corrected chi connectivity index (χ2v) is 6.26. The number of carbonyl (C=O) groups is 1. The third-order valence-electron chi connectivity index (χ3n) is 4.54. The first-order valence-electron chi connectivity index (χ1n) is 8.47. The molecule has 5 heteroatoms. The zero-order chi connectivity index (χ0) is 17.1. The SMILES string of the molecule is O=C(CC1NCc2ccccc21)NCc1cc(-c2ccccc2)n[nH]1. The Morgan fingerprint density at radius 2 is 1.92 bits per heavy atom. The smallest absolute Gasteiger partial charge is 0.222 e. The fraction of sp³-hybridized carbons (Fsp3) is 0.200. The van der Waals surface area contributed by atoms with Crippen molar-refractivity contribution in [1.29, 1.82) is 0 Å². The average Bonchev–Trinajstić information content (AvgIpc) is 3.28. The molecule has 0 spiro atoms. The fourth-order valence-corrected chi connectivity index (χ4v) is 3.22. The monoisotopic (exact) mass is 332 g/mol. The second kappa shape index (κ2) is 6.91. The van der Waals surface area contributed by atoms with Crippen LogP contribution in [-0.2, 0) is 17.9 Å². The Hall–Kier alpha value is -2.92. The first kappa shape index (κ1) is 15.6. The minimum atomic E-state index is 0.0325. The van der Waals surface area contributed by atoms with Gasteiger partial charge in [0.15, 0.2) is 0 Å². The number of carbonyl (C=O) groups excluding carboxylic acids is 1. The van der Waals surface area contributed by atoms with Crippen molar-refractivity contribution < 1.29 is 4.79 Å². The van der Waals surface area contributed by atoms with E-state index in [4.69, 9.17) is 0 Å². The summed E-state index contributed by atoms with van der Waals surface area (Å²) in [7, 11) is 0. The van der Waals surface area contributed by atoms with Gasteiger partial charge in [0.05, 0.1) is 17.9 Å². The number of aromatic nitrogens is 2. The quantitative estimate of drug-likeness (QED) is 0.673. The lowest BCUT2D eigenvalue weighted by Gasteiger charge is -2.11. The molecule has 126 valence electrons. The van der Waals surface area contributed by atoms with Gasteiger partial charge in [0, 0.05) is 24.6 Å². The van der Waals surface area contributed by atoms with E-state index in [1.807, 2.05) is 48.5 Å². The Morgan fingerprint density at radius 3 is 2.80 bits per heavy atom. The van der Waals surface area contributed by atoms with E-state index in [2.05, 4.69) is 33.0 Å². The number of nitrogens with zero attached hydrogens (tertiary/aromatic N) is 1. The van der Waals surface area contributed by atoms with Crippen LogP contribution in [0.5, 0.6) is 0 Å². The van der Waals surface area contributed by atoms with Gasteiger partial charge in [-0.05, 0) is 17.2 Å². The number of benzene rings is 2. The first-order chi connectivity index (χ1) is 12.3. The fourth-order valence-electron chi connectivity index (χ4n) is 3.22. The predicted molar refractivity (Wildman–Crippen MR) is 96.5 cm³/mol. The number of nitrogens with one attached hydrogen (secondary N) is 3. The van der Waals surface area contributed by atoms with Gasteiger partial charge < -0.3 is 10.6 Å².